The number of nitrogens with zero attached hydrogens (tertiary/aromatic N) is 1. The van der Waals surface area contributed by atoms with E-state index in [-0.39, 0.29) is 30.5 Å². The smallest absolute Gasteiger partial charge is 0.243 e. The molecule has 2 heterocycles. The van der Waals surface area contributed by atoms with Gasteiger partial charge in [0.05, 0.1) is 18.1 Å². The molecule has 188 valence electrons. The maximum absolute atomic E-state index is 14.7. The van der Waals surface area contributed by atoms with Gasteiger partial charge in [-0.15, -0.1) is 0 Å². The number of allylic oxidation sites excluding steroid dienone is 2. The predicted octanol–water partition coefficient (Wildman–Crippen LogP) is 4.25. The average Bonchev–Trinajstić information content (AvgIpc) is 3.07. The van der Waals surface area contributed by atoms with Gasteiger partial charge in [-0.1, -0.05) is 18.2 Å². The van der Waals surface area contributed by atoms with E-state index in [1.807, 2.05) is 24.3 Å². The lowest BCUT2D eigenvalue weighted by Crippen LogP contribution is -2.33. The van der Waals surface area contributed by atoms with Crippen molar-refractivity contribution in [3.8, 4) is 17.2 Å². The van der Waals surface area contributed by atoms with E-state index in [1.54, 1.807) is 25.1 Å². The minimum absolute atomic E-state index is 0.153. The van der Waals surface area contributed by atoms with Crippen molar-refractivity contribution in [3.05, 3.63) is 59.7 Å². The SMILES string of the molecule is CC1(F)C=CCCC1COCc1ccc2c(c1)CN(S(=O)(=O)c1ccc3c(c1)OCCO3)CCO2. The summed E-state index contributed by atoms with van der Waals surface area (Å²) in [6.45, 7) is 3.71. The summed E-state index contributed by atoms with van der Waals surface area (Å²) in [6, 6.07) is 10.3. The van der Waals surface area contributed by atoms with Crippen molar-refractivity contribution < 1.29 is 31.8 Å². The van der Waals surface area contributed by atoms with Crippen LogP contribution in [0, 0.1) is 5.92 Å². The number of fused-ring (bicyclic) bond motifs is 2. The molecule has 0 spiro atoms. The number of sulfonamides is 1. The summed E-state index contributed by atoms with van der Waals surface area (Å²) < 4.78 is 65.7. The molecule has 7 nitrogen and oxygen atoms in total. The molecule has 2 unspecified atom stereocenters. The molecule has 2 aliphatic heterocycles. The van der Waals surface area contributed by atoms with E-state index < -0.39 is 15.7 Å². The van der Waals surface area contributed by atoms with Gasteiger partial charge in [-0.3, -0.25) is 0 Å². The largest absolute Gasteiger partial charge is 0.492 e. The number of hydrogen-bond donors (Lipinski definition) is 0. The Bertz CT molecular complexity index is 1210. The van der Waals surface area contributed by atoms with Crippen LogP contribution >= 0.6 is 0 Å². The third kappa shape index (κ3) is 5.17. The van der Waals surface area contributed by atoms with Gasteiger partial charge in [0.2, 0.25) is 10.0 Å². The zero-order chi connectivity index (χ0) is 24.5. The van der Waals surface area contributed by atoms with Crippen LogP contribution in [0.3, 0.4) is 0 Å². The molecule has 3 aliphatic rings. The van der Waals surface area contributed by atoms with Gasteiger partial charge < -0.3 is 18.9 Å². The van der Waals surface area contributed by atoms with E-state index >= 15 is 0 Å². The van der Waals surface area contributed by atoms with Crippen LogP contribution < -0.4 is 14.2 Å². The Morgan fingerprint density at radius 2 is 1.83 bits per heavy atom. The summed E-state index contributed by atoms with van der Waals surface area (Å²) >= 11 is 0. The highest BCUT2D eigenvalue weighted by Gasteiger charge is 2.33. The van der Waals surface area contributed by atoms with Gasteiger partial charge in [-0.2, -0.15) is 4.31 Å². The number of alkyl halides is 1. The van der Waals surface area contributed by atoms with Crippen molar-refractivity contribution in [2.45, 2.75) is 43.5 Å². The summed E-state index contributed by atoms with van der Waals surface area (Å²) in [5, 5.41) is 0. The van der Waals surface area contributed by atoms with Gasteiger partial charge in [0.1, 0.15) is 31.2 Å². The molecule has 35 heavy (non-hydrogen) atoms. The van der Waals surface area contributed by atoms with Crippen molar-refractivity contribution >= 4 is 10.0 Å². The van der Waals surface area contributed by atoms with Crippen LogP contribution in [-0.4, -0.2) is 51.4 Å². The molecule has 0 saturated heterocycles. The molecule has 1 aliphatic carbocycles. The lowest BCUT2D eigenvalue weighted by Gasteiger charge is -2.30. The second-order valence-corrected chi connectivity index (χ2v) is 11.2. The molecule has 0 radical (unpaired) electrons. The summed E-state index contributed by atoms with van der Waals surface area (Å²) in [6.07, 6.45) is 5.13. The number of halogens is 1. The van der Waals surface area contributed by atoms with Crippen molar-refractivity contribution in [3.63, 3.8) is 0 Å². The van der Waals surface area contributed by atoms with Gasteiger partial charge in [0, 0.05) is 30.6 Å². The molecule has 9 heteroatoms. The van der Waals surface area contributed by atoms with Gasteiger partial charge in [0.15, 0.2) is 11.5 Å². The minimum atomic E-state index is -3.78. The van der Waals surface area contributed by atoms with E-state index in [4.69, 9.17) is 18.9 Å². The maximum Gasteiger partial charge on any atom is 0.243 e. The first-order valence-corrected chi connectivity index (χ1v) is 13.4. The maximum atomic E-state index is 14.7. The van der Waals surface area contributed by atoms with Crippen LogP contribution in [0.5, 0.6) is 17.2 Å². The van der Waals surface area contributed by atoms with E-state index in [9.17, 15) is 12.8 Å². The lowest BCUT2D eigenvalue weighted by atomic mass is 9.83. The lowest BCUT2D eigenvalue weighted by molar-refractivity contribution is 0.0256. The van der Waals surface area contributed by atoms with E-state index in [2.05, 4.69) is 0 Å². The predicted molar refractivity (Wildman–Crippen MR) is 128 cm³/mol. The van der Waals surface area contributed by atoms with Crippen molar-refractivity contribution in [2.75, 3.05) is 33.0 Å². The molecular formula is C26H30FNO6S. The number of ether oxygens (including phenoxy) is 4. The molecule has 0 saturated carbocycles. The van der Waals surface area contributed by atoms with Crippen LogP contribution in [0.2, 0.25) is 0 Å². The highest BCUT2D eigenvalue weighted by atomic mass is 32.2. The number of rotatable bonds is 6. The Labute approximate surface area is 205 Å². The molecule has 0 amide bonds. The number of hydrogen-bond acceptors (Lipinski definition) is 6. The van der Waals surface area contributed by atoms with Crippen molar-refractivity contribution in [2.24, 2.45) is 5.92 Å². The molecule has 0 bridgehead atoms. The van der Waals surface area contributed by atoms with Crippen LogP contribution in [0.1, 0.15) is 30.9 Å². The molecule has 0 aromatic heterocycles. The fraction of sp³-hybridized carbons (Fsp3) is 0.462. The molecule has 0 N–H and O–H groups in total. The van der Waals surface area contributed by atoms with Gasteiger partial charge in [-0.25, -0.2) is 12.8 Å². The molecule has 0 fully saturated rings. The first kappa shape index (κ1) is 24.1. The Balaban J connectivity index is 1.29. The van der Waals surface area contributed by atoms with Gasteiger partial charge in [-0.05, 0) is 49.6 Å². The number of benzene rings is 2. The van der Waals surface area contributed by atoms with Crippen molar-refractivity contribution in [1.82, 2.24) is 4.31 Å². The standard InChI is InChI=1S/C26H30FNO6S/c1-26(27)9-3-2-4-21(26)18-31-17-19-5-7-23-20(14-19)16-28(10-11-32-23)35(29,30)22-6-8-24-25(15-22)34-13-12-33-24/h3,5-9,14-15,21H,2,4,10-13,16-18H2,1H3. The Morgan fingerprint density at radius 1 is 1.06 bits per heavy atom. The highest BCUT2D eigenvalue weighted by molar-refractivity contribution is 7.89. The first-order valence-electron chi connectivity index (χ1n) is 11.9. The monoisotopic (exact) mass is 503 g/mol. The van der Waals surface area contributed by atoms with Crippen LogP contribution in [0.4, 0.5) is 4.39 Å². The van der Waals surface area contributed by atoms with E-state index in [1.165, 1.54) is 10.4 Å². The normalized spacial score (nSPS) is 24.3. The third-order valence-corrected chi connectivity index (χ3v) is 8.57. The minimum Gasteiger partial charge on any atom is -0.492 e. The summed E-state index contributed by atoms with van der Waals surface area (Å²) in [4.78, 5) is 0.153. The zero-order valence-electron chi connectivity index (χ0n) is 19.7. The van der Waals surface area contributed by atoms with Crippen LogP contribution in [-0.2, 0) is 27.9 Å². The highest BCUT2D eigenvalue weighted by Crippen LogP contribution is 2.35. The fourth-order valence-corrected chi connectivity index (χ4v) is 6.06. The summed E-state index contributed by atoms with van der Waals surface area (Å²) in [5.41, 5.74) is 0.293. The summed E-state index contributed by atoms with van der Waals surface area (Å²) in [5.74, 6) is 1.45. The quantitative estimate of drug-likeness (QED) is 0.549. The molecule has 5 rings (SSSR count). The second-order valence-electron chi connectivity index (χ2n) is 9.28. The Morgan fingerprint density at radius 3 is 2.66 bits per heavy atom. The molecular weight excluding hydrogens is 473 g/mol. The average molecular weight is 504 g/mol. The van der Waals surface area contributed by atoms with E-state index in [0.29, 0.717) is 43.7 Å². The third-order valence-electron chi connectivity index (χ3n) is 6.73. The fourth-order valence-electron chi connectivity index (χ4n) is 4.65. The summed E-state index contributed by atoms with van der Waals surface area (Å²) in [7, 11) is -3.78. The Hall–Kier alpha value is -2.62. The molecule has 2 aromatic rings. The van der Waals surface area contributed by atoms with Crippen molar-refractivity contribution in [1.29, 1.82) is 0 Å². The van der Waals surface area contributed by atoms with Gasteiger partial charge >= 0.3 is 0 Å². The molecule has 2 atom stereocenters. The van der Waals surface area contributed by atoms with E-state index in [0.717, 1.165) is 24.0 Å². The second kappa shape index (κ2) is 9.79. The zero-order valence-corrected chi connectivity index (χ0v) is 20.6. The van der Waals surface area contributed by atoms with Gasteiger partial charge in [0.25, 0.3) is 0 Å². The first-order chi connectivity index (χ1) is 16.8. The molecule has 2 aromatic carbocycles. The van der Waals surface area contributed by atoms with Crippen LogP contribution in [0.25, 0.3) is 0 Å². The topological polar surface area (TPSA) is 74.3 Å². The Kier molecular flexibility index (Phi) is 6.74. The van der Waals surface area contributed by atoms with Crippen LogP contribution in [0.15, 0.2) is 53.4 Å².